The van der Waals surface area contributed by atoms with Gasteiger partial charge < -0.3 is 19.8 Å². The van der Waals surface area contributed by atoms with Crippen LogP contribution in [0, 0.1) is 28.6 Å². The number of amides is 2. The number of aromatic nitrogens is 1. The minimum atomic E-state index is -0.222. The molecule has 7 heteroatoms. The molecule has 29 heavy (non-hydrogen) atoms. The summed E-state index contributed by atoms with van der Waals surface area (Å²) >= 11 is 0. The highest BCUT2D eigenvalue weighted by Gasteiger charge is 2.68. The fourth-order valence-corrected chi connectivity index (χ4v) is 6.25. The quantitative estimate of drug-likeness (QED) is 0.762. The molecule has 2 bridgehead atoms. The summed E-state index contributed by atoms with van der Waals surface area (Å²) in [5, 5.41) is 6.34. The number of ether oxygens (including phenoxy) is 1. The maximum atomic E-state index is 12.6. The first-order chi connectivity index (χ1) is 13.8. The van der Waals surface area contributed by atoms with Crippen LogP contribution in [0.15, 0.2) is 17.1 Å². The second kappa shape index (κ2) is 7.42. The molecular weight excluding hydrogens is 370 g/mol. The van der Waals surface area contributed by atoms with Crippen LogP contribution in [0.1, 0.15) is 63.9 Å². The number of hydrogen-bond acceptors (Lipinski definition) is 5. The Kier molecular flexibility index (Phi) is 5.21. The van der Waals surface area contributed by atoms with Crippen molar-refractivity contribution in [3.05, 3.63) is 18.4 Å². The lowest BCUT2D eigenvalue weighted by Gasteiger charge is -2.53. The van der Waals surface area contributed by atoms with Gasteiger partial charge in [-0.3, -0.25) is 9.59 Å². The molecule has 3 aliphatic rings. The number of oxazole rings is 1. The molecule has 0 aromatic carbocycles. The largest absolute Gasteiger partial charge is 0.451 e. The van der Waals surface area contributed by atoms with E-state index in [1.54, 1.807) is 0 Å². The van der Waals surface area contributed by atoms with E-state index >= 15 is 0 Å². The van der Waals surface area contributed by atoms with Crippen LogP contribution in [-0.4, -0.2) is 42.1 Å². The average Bonchev–Trinajstić information content (AvgIpc) is 3.37. The predicted octanol–water partition coefficient (Wildman–Crippen LogP) is 2.78. The Hall–Kier alpha value is -1.89. The van der Waals surface area contributed by atoms with Gasteiger partial charge in [-0.05, 0) is 48.3 Å². The third-order valence-electron chi connectivity index (χ3n) is 7.81. The SMILES string of the molecule is CC(C)C(=O)N[C@H]1C(C)(C)[C@@H]2C[C@@H]3[C@@H](CCNC(=O)c4cocn4)OCCC31C2. The van der Waals surface area contributed by atoms with E-state index in [9.17, 15) is 9.59 Å². The molecular formula is C22H33N3O4. The maximum Gasteiger partial charge on any atom is 0.273 e. The van der Waals surface area contributed by atoms with Crippen molar-refractivity contribution in [3.8, 4) is 0 Å². The lowest BCUT2D eigenvalue weighted by atomic mass is 9.59. The predicted molar refractivity (Wildman–Crippen MR) is 107 cm³/mol. The topological polar surface area (TPSA) is 93.5 Å². The van der Waals surface area contributed by atoms with E-state index in [1.165, 1.54) is 19.1 Å². The van der Waals surface area contributed by atoms with Crippen LogP contribution in [0.25, 0.3) is 0 Å². The van der Waals surface area contributed by atoms with Crippen molar-refractivity contribution in [2.24, 2.45) is 28.6 Å². The third kappa shape index (κ3) is 3.37. The molecule has 7 nitrogen and oxygen atoms in total. The number of rotatable bonds is 6. The van der Waals surface area contributed by atoms with E-state index in [2.05, 4.69) is 29.5 Å². The van der Waals surface area contributed by atoms with Crippen LogP contribution in [0.4, 0.5) is 0 Å². The van der Waals surface area contributed by atoms with Gasteiger partial charge in [-0.1, -0.05) is 27.7 Å². The van der Waals surface area contributed by atoms with Crippen molar-refractivity contribution < 1.29 is 18.7 Å². The minimum Gasteiger partial charge on any atom is -0.451 e. The highest BCUT2D eigenvalue weighted by Crippen LogP contribution is 2.68. The number of carbonyl (C=O) groups excluding carboxylic acids is 2. The normalized spacial score (nSPS) is 34.8. The Morgan fingerprint density at radius 2 is 2.14 bits per heavy atom. The molecule has 5 atom stereocenters. The molecule has 1 aliphatic heterocycles. The summed E-state index contributed by atoms with van der Waals surface area (Å²) in [4.78, 5) is 28.6. The Labute approximate surface area is 172 Å². The van der Waals surface area contributed by atoms with Gasteiger partial charge in [0.25, 0.3) is 5.91 Å². The summed E-state index contributed by atoms with van der Waals surface area (Å²) in [5.41, 5.74) is 0.506. The van der Waals surface area contributed by atoms with E-state index in [4.69, 9.17) is 9.15 Å². The average molecular weight is 404 g/mol. The fraction of sp³-hybridized carbons (Fsp3) is 0.773. The molecule has 1 spiro atoms. The smallest absolute Gasteiger partial charge is 0.273 e. The molecule has 1 aromatic rings. The van der Waals surface area contributed by atoms with E-state index in [1.807, 2.05) is 13.8 Å². The molecule has 3 fully saturated rings. The highest BCUT2D eigenvalue weighted by molar-refractivity contribution is 5.91. The van der Waals surface area contributed by atoms with Crippen LogP contribution in [-0.2, 0) is 9.53 Å². The summed E-state index contributed by atoms with van der Waals surface area (Å²) in [5.74, 6) is 0.934. The van der Waals surface area contributed by atoms with Gasteiger partial charge in [0.2, 0.25) is 5.91 Å². The molecule has 1 saturated heterocycles. The summed E-state index contributed by atoms with van der Waals surface area (Å²) in [6, 6.07) is 0.185. The summed E-state index contributed by atoms with van der Waals surface area (Å²) in [6.07, 6.45) is 6.80. The van der Waals surface area contributed by atoms with Gasteiger partial charge in [-0.25, -0.2) is 4.98 Å². The number of nitrogens with one attached hydrogen (secondary N) is 2. The lowest BCUT2D eigenvalue weighted by Crippen LogP contribution is -2.60. The van der Waals surface area contributed by atoms with Crippen molar-refractivity contribution in [1.82, 2.24) is 15.6 Å². The van der Waals surface area contributed by atoms with Crippen LogP contribution in [0.2, 0.25) is 0 Å². The van der Waals surface area contributed by atoms with Crippen molar-refractivity contribution >= 4 is 11.8 Å². The zero-order valence-electron chi connectivity index (χ0n) is 17.9. The van der Waals surface area contributed by atoms with Gasteiger partial charge >= 0.3 is 0 Å². The molecule has 160 valence electrons. The molecule has 1 aromatic heterocycles. The summed E-state index contributed by atoms with van der Waals surface area (Å²) < 4.78 is 11.1. The minimum absolute atomic E-state index is 0.0119. The molecule has 2 N–H and O–H groups in total. The molecule has 1 unspecified atom stereocenters. The Morgan fingerprint density at radius 1 is 1.34 bits per heavy atom. The Balaban J connectivity index is 1.44. The molecule has 0 radical (unpaired) electrons. The molecule has 2 saturated carbocycles. The summed E-state index contributed by atoms with van der Waals surface area (Å²) in [7, 11) is 0. The van der Waals surface area contributed by atoms with Gasteiger partial charge in [-0.2, -0.15) is 0 Å². The first kappa shape index (κ1) is 20.4. The van der Waals surface area contributed by atoms with Crippen LogP contribution < -0.4 is 10.6 Å². The Morgan fingerprint density at radius 3 is 2.83 bits per heavy atom. The molecule has 4 rings (SSSR count). The zero-order valence-corrected chi connectivity index (χ0v) is 17.9. The second-order valence-electron chi connectivity index (χ2n) is 9.97. The lowest BCUT2D eigenvalue weighted by molar-refractivity contribution is -0.138. The highest BCUT2D eigenvalue weighted by atomic mass is 16.5. The molecule has 2 heterocycles. The maximum absolute atomic E-state index is 12.6. The Bertz CT molecular complexity index is 760. The molecule has 2 aliphatic carbocycles. The van der Waals surface area contributed by atoms with E-state index in [0.717, 1.165) is 25.9 Å². The van der Waals surface area contributed by atoms with Gasteiger partial charge in [0.05, 0.1) is 6.10 Å². The number of carbonyl (C=O) groups is 2. The van der Waals surface area contributed by atoms with Gasteiger partial charge in [-0.15, -0.1) is 0 Å². The standard InChI is InChI=1S/C22H33N3O4/c1-13(2)18(26)25-20-21(3,4)14-9-15-17(29-8-6-22(15,20)10-14)5-7-23-19(27)16-11-28-12-24-16/h11-15,17,20H,5-10H2,1-4H3,(H,23,27)(H,25,26)/t14-,15-,17-,20+,22?/m1/s1. The van der Waals surface area contributed by atoms with E-state index in [-0.39, 0.29) is 40.7 Å². The van der Waals surface area contributed by atoms with Crippen LogP contribution >= 0.6 is 0 Å². The number of fused-ring (bicyclic) bond motifs is 1. The van der Waals surface area contributed by atoms with E-state index in [0.29, 0.717) is 24.1 Å². The first-order valence-electron chi connectivity index (χ1n) is 10.8. The number of nitrogens with zero attached hydrogens (tertiary/aromatic N) is 1. The fourth-order valence-electron chi connectivity index (χ4n) is 6.25. The number of hydrogen-bond donors (Lipinski definition) is 2. The van der Waals surface area contributed by atoms with Gasteiger partial charge in [0, 0.05) is 25.1 Å². The van der Waals surface area contributed by atoms with Gasteiger partial charge in [0.15, 0.2) is 12.1 Å². The van der Waals surface area contributed by atoms with Crippen molar-refractivity contribution in [2.75, 3.05) is 13.2 Å². The zero-order chi connectivity index (χ0) is 20.8. The summed E-state index contributed by atoms with van der Waals surface area (Å²) in [6.45, 7) is 9.80. The van der Waals surface area contributed by atoms with Crippen LogP contribution in [0.5, 0.6) is 0 Å². The second-order valence-corrected chi connectivity index (χ2v) is 9.97. The third-order valence-corrected chi connectivity index (χ3v) is 7.81. The van der Waals surface area contributed by atoms with Crippen LogP contribution in [0.3, 0.4) is 0 Å². The van der Waals surface area contributed by atoms with Crippen molar-refractivity contribution in [1.29, 1.82) is 0 Å². The van der Waals surface area contributed by atoms with E-state index < -0.39 is 0 Å². The van der Waals surface area contributed by atoms with Crippen molar-refractivity contribution in [3.63, 3.8) is 0 Å². The monoisotopic (exact) mass is 403 g/mol. The van der Waals surface area contributed by atoms with Crippen molar-refractivity contribution in [2.45, 2.75) is 65.5 Å². The molecule has 2 amide bonds. The first-order valence-corrected chi connectivity index (χ1v) is 10.8. The van der Waals surface area contributed by atoms with Gasteiger partial charge in [0.1, 0.15) is 6.26 Å².